The first kappa shape index (κ1) is 23.3. The molecule has 2 aliphatic rings. The molecular weight excluding hydrogens is 438 g/mol. The van der Waals surface area contributed by atoms with Gasteiger partial charge >= 0.3 is 0 Å². The number of fused-ring (bicyclic) bond motifs is 7. The first-order valence-corrected chi connectivity index (χ1v) is 12.4. The summed E-state index contributed by atoms with van der Waals surface area (Å²) in [4.78, 5) is 14.0. The van der Waals surface area contributed by atoms with Crippen LogP contribution in [0.2, 0.25) is 0 Å². The molecule has 5 rings (SSSR count). The normalized spacial score (nSPS) is 18.4. The molecule has 3 heterocycles. The van der Waals surface area contributed by atoms with Crippen LogP contribution in [0.5, 0.6) is 5.75 Å². The van der Waals surface area contributed by atoms with Crippen molar-refractivity contribution in [3.63, 3.8) is 0 Å². The summed E-state index contributed by atoms with van der Waals surface area (Å²) < 4.78 is 11.6. The highest BCUT2D eigenvalue weighted by Crippen LogP contribution is 2.29. The molecular formula is C28H33N5O2. The number of ether oxygens (including phenoxy) is 2. The third-order valence-corrected chi connectivity index (χ3v) is 6.28. The van der Waals surface area contributed by atoms with E-state index in [4.69, 9.17) is 14.5 Å². The highest BCUT2D eigenvalue weighted by atomic mass is 16.5. The summed E-state index contributed by atoms with van der Waals surface area (Å²) in [5.41, 5.74) is 5.40. The number of hydrogen-bond acceptors (Lipinski definition) is 7. The molecule has 0 spiro atoms. The second-order valence-corrected chi connectivity index (χ2v) is 9.02. The second kappa shape index (κ2) is 11.3. The Bertz CT molecular complexity index is 1160. The zero-order valence-electron chi connectivity index (χ0n) is 20.3. The molecule has 2 aliphatic heterocycles. The molecule has 7 nitrogen and oxygen atoms in total. The van der Waals surface area contributed by atoms with E-state index in [1.807, 2.05) is 24.3 Å². The summed E-state index contributed by atoms with van der Waals surface area (Å²) in [6, 6.07) is 16.6. The van der Waals surface area contributed by atoms with Gasteiger partial charge < -0.3 is 19.7 Å². The molecule has 0 aliphatic carbocycles. The zero-order valence-corrected chi connectivity index (χ0v) is 20.3. The van der Waals surface area contributed by atoms with Crippen LogP contribution in [-0.4, -0.2) is 61.4 Å². The van der Waals surface area contributed by atoms with E-state index in [9.17, 15) is 0 Å². The minimum Gasteiger partial charge on any atom is -0.494 e. The topological polar surface area (TPSA) is 62.8 Å². The Morgan fingerprint density at radius 1 is 0.971 bits per heavy atom. The van der Waals surface area contributed by atoms with Gasteiger partial charge in [0.05, 0.1) is 25.5 Å². The number of nitrogens with zero attached hydrogens (tertiary/aromatic N) is 4. The lowest BCUT2D eigenvalue weighted by atomic mass is 10.1. The lowest BCUT2D eigenvalue weighted by molar-refractivity contribution is 0.122. The van der Waals surface area contributed by atoms with Crippen LogP contribution >= 0.6 is 0 Å². The molecule has 7 heteroatoms. The van der Waals surface area contributed by atoms with Gasteiger partial charge in [-0.3, -0.25) is 4.90 Å². The largest absolute Gasteiger partial charge is 0.494 e. The Kier molecular flexibility index (Phi) is 7.56. The molecule has 0 atom stereocenters. The fourth-order valence-corrected chi connectivity index (χ4v) is 4.48. The van der Waals surface area contributed by atoms with Crippen molar-refractivity contribution in [3.05, 3.63) is 72.4 Å². The van der Waals surface area contributed by atoms with Gasteiger partial charge in [0.2, 0.25) is 5.95 Å². The number of likely N-dealkylation sites (N-methyl/N-ethyl adjacent to an activating group) is 1. The molecule has 0 amide bonds. The maximum absolute atomic E-state index is 5.99. The number of hydrogen-bond donors (Lipinski definition) is 1. The number of aromatic nitrogens is 2. The third-order valence-electron chi connectivity index (χ3n) is 6.28. The Balaban J connectivity index is 1.47. The zero-order chi connectivity index (χ0) is 23.9. The average Bonchev–Trinajstić information content (AvgIpc) is 2.89. The molecule has 182 valence electrons. The van der Waals surface area contributed by atoms with Gasteiger partial charge in [-0.15, -0.1) is 0 Å². The highest BCUT2D eigenvalue weighted by Gasteiger charge is 2.16. The van der Waals surface area contributed by atoms with E-state index >= 15 is 0 Å². The predicted octanol–water partition coefficient (Wildman–Crippen LogP) is 4.88. The number of allylic oxidation sites excluding steroid dienone is 1. The van der Waals surface area contributed by atoms with E-state index in [1.54, 1.807) is 6.20 Å². The van der Waals surface area contributed by atoms with E-state index in [2.05, 4.69) is 63.6 Å². The fourth-order valence-electron chi connectivity index (χ4n) is 4.48. The Hall–Kier alpha value is -3.42. The molecule has 1 N–H and O–H groups in total. The van der Waals surface area contributed by atoms with Crippen LogP contribution in [0.15, 0.2) is 66.9 Å². The summed E-state index contributed by atoms with van der Waals surface area (Å²) in [6.45, 7) is 5.80. The van der Waals surface area contributed by atoms with E-state index in [0.717, 1.165) is 74.9 Å². The van der Waals surface area contributed by atoms with Crippen LogP contribution in [0.4, 0.5) is 17.3 Å². The minimum absolute atomic E-state index is 0.577. The summed E-state index contributed by atoms with van der Waals surface area (Å²) in [6.07, 6.45) is 8.29. The van der Waals surface area contributed by atoms with Crippen LogP contribution in [-0.2, 0) is 11.3 Å². The van der Waals surface area contributed by atoms with Crippen molar-refractivity contribution >= 4 is 17.3 Å². The Labute approximate surface area is 207 Å². The number of rotatable bonds is 1. The monoisotopic (exact) mass is 471 g/mol. The smallest absolute Gasteiger partial charge is 0.227 e. The molecule has 0 radical (unpaired) electrons. The van der Waals surface area contributed by atoms with Crippen molar-refractivity contribution in [2.75, 3.05) is 56.7 Å². The molecule has 35 heavy (non-hydrogen) atoms. The molecule has 1 aromatic heterocycles. The van der Waals surface area contributed by atoms with Crippen molar-refractivity contribution in [2.24, 2.45) is 0 Å². The summed E-state index contributed by atoms with van der Waals surface area (Å²) >= 11 is 0. The lowest BCUT2D eigenvalue weighted by Gasteiger charge is -2.31. The first-order valence-electron chi connectivity index (χ1n) is 12.4. The second-order valence-electron chi connectivity index (χ2n) is 9.02. The molecule has 3 aromatic rings. The third kappa shape index (κ3) is 6.18. The summed E-state index contributed by atoms with van der Waals surface area (Å²) in [7, 11) is 2.17. The van der Waals surface area contributed by atoms with Crippen molar-refractivity contribution in [2.45, 2.75) is 19.4 Å². The first-order chi connectivity index (χ1) is 17.2. The number of anilines is 3. The highest BCUT2D eigenvalue weighted by molar-refractivity contribution is 5.66. The quantitative estimate of drug-likeness (QED) is 0.507. The predicted molar refractivity (Wildman–Crippen MR) is 140 cm³/mol. The molecule has 0 unspecified atom stereocenters. The molecule has 1 fully saturated rings. The van der Waals surface area contributed by atoms with Gasteiger partial charge in [0.25, 0.3) is 0 Å². The SMILES string of the molecule is CN1C/C=C/CCCOc2cccc(c2)-c2ccnc(n2)Nc2ccc(N3CCOCC3)c(c2)C1. The Morgan fingerprint density at radius 2 is 1.89 bits per heavy atom. The molecule has 6 bridgehead atoms. The Morgan fingerprint density at radius 3 is 2.80 bits per heavy atom. The van der Waals surface area contributed by atoms with E-state index in [1.165, 1.54) is 11.3 Å². The van der Waals surface area contributed by atoms with Gasteiger partial charge in [0, 0.05) is 49.3 Å². The van der Waals surface area contributed by atoms with E-state index in [-0.39, 0.29) is 0 Å². The van der Waals surface area contributed by atoms with Crippen molar-refractivity contribution in [1.82, 2.24) is 14.9 Å². The van der Waals surface area contributed by atoms with Gasteiger partial charge in [-0.25, -0.2) is 9.97 Å². The standard InChI is InChI=1S/C28H33N5O2/c1-32-13-4-2-3-5-16-35-25-8-6-7-22(20-25)26-11-12-29-28(31-26)30-24-9-10-27(23(19-24)21-32)33-14-17-34-18-15-33/h2,4,6-12,19-20H,3,5,13-18,21H2,1H3,(H,29,30,31)/b4-2+. The van der Waals surface area contributed by atoms with Crippen LogP contribution in [0.3, 0.4) is 0 Å². The van der Waals surface area contributed by atoms with Crippen LogP contribution in [0.1, 0.15) is 18.4 Å². The number of morpholine rings is 1. The maximum atomic E-state index is 5.99. The van der Waals surface area contributed by atoms with Gasteiger partial charge in [-0.2, -0.15) is 0 Å². The number of nitrogens with one attached hydrogen (secondary N) is 1. The van der Waals surface area contributed by atoms with Crippen LogP contribution in [0, 0.1) is 0 Å². The van der Waals surface area contributed by atoms with Gasteiger partial charge in [-0.1, -0.05) is 24.3 Å². The summed E-state index contributed by atoms with van der Waals surface area (Å²) in [5.74, 6) is 1.44. The van der Waals surface area contributed by atoms with Gasteiger partial charge in [-0.05, 0) is 61.9 Å². The van der Waals surface area contributed by atoms with Crippen molar-refractivity contribution < 1.29 is 9.47 Å². The molecule has 1 saturated heterocycles. The fraction of sp³-hybridized carbons (Fsp3) is 0.357. The average molecular weight is 472 g/mol. The minimum atomic E-state index is 0.577. The summed E-state index contributed by atoms with van der Waals surface area (Å²) in [5, 5.41) is 3.42. The van der Waals surface area contributed by atoms with E-state index in [0.29, 0.717) is 12.6 Å². The molecule has 0 saturated carbocycles. The van der Waals surface area contributed by atoms with E-state index < -0.39 is 0 Å². The van der Waals surface area contributed by atoms with Crippen LogP contribution in [0.25, 0.3) is 11.3 Å². The van der Waals surface area contributed by atoms with Crippen LogP contribution < -0.4 is 15.0 Å². The van der Waals surface area contributed by atoms with Crippen molar-refractivity contribution in [1.29, 1.82) is 0 Å². The van der Waals surface area contributed by atoms with Crippen molar-refractivity contribution in [3.8, 4) is 17.0 Å². The maximum Gasteiger partial charge on any atom is 0.227 e. The molecule has 2 aromatic carbocycles. The lowest BCUT2D eigenvalue weighted by Crippen LogP contribution is -2.37. The van der Waals surface area contributed by atoms with Gasteiger partial charge in [0.15, 0.2) is 0 Å². The number of benzene rings is 2. The van der Waals surface area contributed by atoms with Gasteiger partial charge in [0.1, 0.15) is 5.75 Å².